The molecule has 0 bridgehead atoms. The van der Waals surface area contributed by atoms with E-state index in [-0.39, 0.29) is 0 Å². The first-order valence-electron chi connectivity index (χ1n) is 4.41. The van der Waals surface area contributed by atoms with Crippen LogP contribution in [0.1, 0.15) is 45.4 Å². The molecule has 0 atom stereocenters. The maximum atomic E-state index is 2.27. The second-order valence-electron chi connectivity index (χ2n) is 2.95. The maximum Gasteiger partial charge on any atom is 0.0306 e. The highest BCUT2D eigenvalue weighted by Gasteiger charge is 2.17. The number of rotatable bonds is 5. The lowest BCUT2D eigenvalue weighted by Gasteiger charge is -2.23. The third-order valence-electron chi connectivity index (χ3n) is 1.97. The van der Waals surface area contributed by atoms with E-state index in [1.165, 1.54) is 44.3 Å². The maximum absolute atomic E-state index is 2.27. The fourth-order valence-electron chi connectivity index (χ4n) is 1.03. The largest absolute Gasteiger partial charge is 0.154 e. The highest BCUT2D eigenvalue weighted by Crippen LogP contribution is 2.39. The molecule has 1 aliphatic carbocycles. The molecule has 0 aromatic carbocycles. The van der Waals surface area contributed by atoms with Gasteiger partial charge in [0.2, 0.25) is 0 Å². The molecule has 10 heavy (non-hydrogen) atoms. The zero-order chi connectivity index (χ0) is 7.23. The van der Waals surface area contributed by atoms with Crippen LogP contribution in [-0.2, 0) is 0 Å². The average Bonchev–Trinajstić information content (AvgIpc) is 1.84. The number of hydrogen-bond donors (Lipinski definition) is 0. The van der Waals surface area contributed by atoms with Gasteiger partial charge in [0.15, 0.2) is 0 Å². The fraction of sp³-hybridized carbons (Fsp3) is 0.889. The summed E-state index contributed by atoms with van der Waals surface area (Å²) in [6, 6.07) is 0. The number of unbranched alkanes of at least 4 members (excludes halogenated alkanes) is 2. The minimum atomic E-state index is 1.36. The second-order valence-corrected chi connectivity index (χ2v) is 4.22. The van der Waals surface area contributed by atoms with Crippen LogP contribution < -0.4 is 0 Å². The Balaban J connectivity index is 1.76. The van der Waals surface area contributed by atoms with Crippen molar-refractivity contribution >= 4 is 11.8 Å². The summed E-state index contributed by atoms with van der Waals surface area (Å²) in [5.74, 6) is 1.38. The Morgan fingerprint density at radius 2 is 2.10 bits per heavy atom. The second kappa shape index (κ2) is 5.06. The molecule has 1 saturated carbocycles. The van der Waals surface area contributed by atoms with Crippen LogP contribution in [0.5, 0.6) is 0 Å². The molecule has 1 aliphatic rings. The Morgan fingerprint density at radius 1 is 1.30 bits per heavy atom. The molecule has 1 fully saturated rings. The average molecular weight is 157 g/mol. The molecule has 0 spiro atoms. The van der Waals surface area contributed by atoms with Crippen molar-refractivity contribution in [3.8, 4) is 0 Å². The number of hydrogen-bond acceptors (Lipinski definition) is 1. The van der Waals surface area contributed by atoms with Gasteiger partial charge in [0, 0.05) is 5.25 Å². The molecule has 0 unspecified atom stereocenters. The minimum Gasteiger partial charge on any atom is -0.154 e. The quantitative estimate of drug-likeness (QED) is 0.549. The van der Waals surface area contributed by atoms with Gasteiger partial charge in [-0.25, -0.2) is 0 Å². The van der Waals surface area contributed by atoms with Crippen LogP contribution in [0.25, 0.3) is 0 Å². The molecule has 0 aliphatic heterocycles. The SMILES string of the molecule is CCCCCS[C]1CCC1. The van der Waals surface area contributed by atoms with Crippen LogP contribution in [0, 0.1) is 5.25 Å². The van der Waals surface area contributed by atoms with E-state index in [9.17, 15) is 0 Å². The van der Waals surface area contributed by atoms with E-state index in [1.54, 1.807) is 5.25 Å². The molecule has 0 N–H and O–H groups in total. The summed E-state index contributed by atoms with van der Waals surface area (Å²) in [6.07, 6.45) is 8.48. The Kier molecular flexibility index (Phi) is 4.27. The summed E-state index contributed by atoms with van der Waals surface area (Å²) in [6.45, 7) is 2.27. The smallest absolute Gasteiger partial charge is 0.0306 e. The summed E-state index contributed by atoms with van der Waals surface area (Å²) >= 11 is 2.12. The van der Waals surface area contributed by atoms with Crippen molar-refractivity contribution in [2.75, 3.05) is 5.75 Å². The Hall–Kier alpha value is 0.350. The molecule has 59 valence electrons. The van der Waals surface area contributed by atoms with Crippen molar-refractivity contribution in [2.24, 2.45) is 0 Å². The van der Waals surface area contributed by atoms with E-state index in [2.05, 4.69) is 18.7 Å². The highest BCUT2D eigenvalue weighted by atomic mass is 32.2. The summed E-state index contributed by atoms with van der Waals surface area (Å²) in [5.41, 5.74) is 0. The van der Waals surface area contributed by atoms with Gasteiger partial charge in [-0.15, -0.1) is 0 Å². The van der Waals surface area contributed by atoms with E-state index >= 15 is 0 Å². The Bertz CT molecular complexity index is 76.8. The van der Waals surface area contributed by atoms with Gasteiger partial charge in [0.1, 0.15) is 0 Å². The molecule has 1 rings (SSSR count). The topological polar surface area (TPSA) is 0 Å². The number of thioether (sulfide) groups is 1. The molecule has 0 heterocycles. The van der Waals surface area contributed by atoms with Crippen molar-refractivity contribution < 1.29 is 0 Å². The third kappa shape index (κ3) is 2.96. The van der Waals surface area contributed by atoms with Gasteiger partial charge in [-0.2, -0.15) is 11.8 Å². The summed E-state index contributed by atoms with van der Waals surface area (Å²) in [4.78, 5) is 0. The van der Waals surface area contributed by atoms with Gasteiger partial charge in [0.05, 0.1) is 0 Å². The van der Waals surface area contributed by atoms with Crippen LogP contribution in [0.4, 0.5) is 0 Å². The first-order valence-corrected chi connectivity index (χ1v) is 5.39. The fourth-order valence-corrected chi connectivity index (χ4v) is 2.25. The molecule has 0 aromatic rings. The molecule has 1 radical (unpaired) electrons. The van der Waals surface area contributed by atoms with E-state index in [0.717, 1.165) is 0 Å². The molecule has 0 saturated heterocycles. The lowest BCUT2D eigenvalue weighted by atomic mass is 10.0. The van der Waals surface area contributed by atoms with Crippen LogP contribution >= 0.6 is 11.8 Å². The first kappa shape index (κ1) is 8.45. The van der Waals surface area contributed by atoms with Crippen molar-refractivity contribution in [2.45, 2.75) is 45.4 Å². The van der Waals surface area contributed by atoms with E-state index in [4.69, 9.17) is 0 Å². The molecule has 1 heteroatoms. The van der Waals surface area contributed by atoms with Gasteiger partial charge >= 0.3 is 0 Å². The van der Waals surface area contributed by atoms with Crippen molar-refractivity contribution in [3.05, 3.63) is 5.25 Å². The van der Waals surface area contributed by atoms with E-state index in [1.807, 2.05) is 0 Å². The predicted octanol–water partition coefficient (Wildman–Crippen LogP) is 3.63. The van der Waals surface area contributed by atoms with Gasteiger partial charge in [0.25, 0.3) is 0 Å². The van der Waals surface area contributed by atoms with Crippen molar-refractivity contribution in [1.82, 2.24) is 0 Å². The van der Waals surface area contributed by atoms with Gasteiger partial charge in [-0.05, 0) is 25.0 Å². The van der Waals surface area contributed by atoms with Gasteiger partial charge in [-0.3, -0.25) is 0 Å². The van der Waals surface area contributed by atoms with Crippen LogP contribution in [-0.4, -0.2) is 5.75 Å². The molecule has 0 aromatic heterocycles. The van der Waals surface area contributed by atoms with Crippen LogP contribution in [0.3, 0.4) is 0 Å². The summed E-state index contributed by atoms with van der Waals surface area (Å²) < 4.78 is 0. The van der Waals surface area contributed by atoms with Crippen molar-refractivity contribution in [3.63, 3.8) is 0 Å². The standard InChI is InChI=1S/C9H17S/c1-2-3-4-8-10-9-6-5-7-9/h2-8H2,1H3. The van der Waals surface area contributed by atoms with Crippen LogP contribution in [0.15, 0.2) is 0 Å². The third-order valence-corrected chi connectivity index (χ3v) is 3.27. The Morgan fingerprint density at radius 3 is 2.60 bits per heavy atom. The minimum absolute atomic E-state index is 1.36. The highest BCUT2D eigenvalue weighted by molar-refractivity contribution is 8.02. The summed E-state index contributed by atoms with van der Waals surface area (Å²) in [7, 11) is 0. The Labute approximate surface area is 68.8 Å². The molecule has 0 amide bonds. The molecular weight excluding hydrogens is 140 g/mol. The predicted molar refractivity (Wildman–Crippen MR) is 49.1 cm³/mol. The van der Waals surface area contributed by atoms with E-state index in [0.29, 0.717) is 0 Å². The monoisotopic (exact) mass is 157 g/mol. The van der Waals surface area contributed by atoms with Crippen molar-refractivity contribution in [1.29, 1.82) is 0 Å². The lowest BCUT2D eigenvalue weighted by molar-refractivity contribution is 0.625. The zero-order valence-electron chi connectivity index (χ0n) is 6.86. The van der Waals surface area contributed by atoms with Crippen LogP contribution in [0.2, 0.25) is 0 Å². The lowest BCUT2D eigenvalue weighted by Crippen LogP contribution is -2.04. The molecular formula is C9H17S. The van der Waals surface area contributed by atoms with E-state index < -0.39 is 0 Å². The first-order chi connectivity index (χ1) is 4.93. The van der Waals surface area contributed by atoms with Gasteiger partial charge in [-0.1, -0.05) is 26.2 Å². The van der Waals surface area contributed by atoms with Gasteiger partial charge < -0.3 is 0 Å². The zero-order valence-corrected chi connectivity index (χ0v) is 7.67. The summed E-state index contributed by atoms with van der Waals surface area (Å²) in [5, 5.41) is 1.76. The molecule has 0 nitrogen and oxygen atoms in total. The normalized spacial score (nSPS) is 18.9.